The van der Waals surface area contributed by atoms with Crippen molar-refractivity contribution < 1.29 is 14.4 Å². The summed E-state index contributed by atoms with van der Waals surface area (Å²) < 4.78 is 0. The summed E-state index contributed by atoms with van der Waals surface area (Å²) in [5, 5.41) is 0. The molecule has 1 heterocycles. The Balaban J connectivity index is 2.05. The second-order valence-electron chi connectivity index (χ2n) is 3.50. The summed E-state index contributed by atoms with van der Waals surface area (Å²) in [7, 11) is 0. The zero-order chi connectivity index (χ0) is 12.3. The fraction of sp³-hybridized carbons (Fsp3) is 0.182. The number of benzene rings is 1. The van der Waals surface area contributed by atoms with Gasteiger partial charge >= 0.3 is 0 Å². The Morgan fingerprint density at radius 2 is 1.71 bits per heavy atom. The number of rotatable bonds is 5. The van der Waals surface area contributed by atoms with E-state index in [0.29, 0.717) is 24.1 Å². The fourth-order valence-electron chi connectivity index (χ4n) is 1.72. The lowest BCUT2D eigenvalue weighted by Crippen LogP contribution is -2.40. The molecule has 0 bridgehead atoms. The van der Waals surface area contributed by atoms with E-state index >= 15 is 0 Å². The van der Waals surface area contributed by atoms with Crippen LogP contribution in [-0.2, 0) is 4.79 Å². The van der Waals surface area contributed by atoms with Gasteiger partial charge in [0.1, 0.15) is 0 Å². The Bertz CT molecular complexity index is 438. The van der Waals surface area contributed by atoms with E-state index < -0.39 is 0 Å². The van der Waals surface area contributed by atoms with Gasteiger partial charge in [0, 0.05) is 13.1 Å². The van der Waals surface area contributed by atoms with Crippen molar-refractivity contribution in [2.75, 3.05) is 13.1 Å². The molecule has 0 saturated carbocycles. The molecule has 0 aliphatic carbocycles. The van der Waals surface area contributed by atoms with Crippen molar-refractivity contribution in [3.8, 4) is 0 Å². The number of nitrogens with one attached hydrogen (secondary N) is 2. The number of fused-ring (bicyclic) bond motifs is 1. The maximum Gasteiger partial charge on any atom is 0.261 e. The topological polar surface area (TPSA) is 78.5 Å². The summed E-state index contributed by atoms with van der Waals surface area (Å²) in [5.41, 5.74) is 5.67. The Kier molecular flexibility index (Phi) is 3.15. The van der Waals surface area contributed by atoms with Crippen LogP contribution in [0.15, 0.2) is 24.3 Å². The first-order valence-corrected chi connectivity index (χ1v) is 5.13. The van der Waals surface area contributed by atoms with Gasteiger partial charge in [0.15, 0.2) is 0 Å². The molecule has 3 amide bonds. The van der Waals surface area contributed by atoms with Crippen molar-refractivity contribution in [3.63, 3.8) is 0 Å². The summed E-state index contributed by atoms with van der Waals surface area (Å²) >= 11 is 0. The summed E-state index contributed by atoms with van der Waals surface area (Å²) in [6, 6.07) is 6.71. The molecule has 2 N–H and O–H groups in total. The molecule has 17 heavy (non-hydrogen) atoms. The number of hydrazine groups is 1. The number of amides is 3. The summed E-state index contributed by atoms with van der Waals surface area (Å²) in [4.78, 5) is 34.9. The summed E-state index contributed by atoms with van der Waals surface area (Å²) in [5.74, 6) is -0.586. The molecular weight excluding hydrogens is 222 g/mol. The van der Waals surface area contributed by atoms with Crippen LogP contribution < -0.4 is 10.9 Å². The molecule has 0 fully saturated rings. The van der Waals surface area contributed by atoms with E-state index in [1.165, 1.54) is 0 Å². The number of hydrogen-bond donors (Lipinski definition) is 2. The molecule has 1 aliphatic rings. The van der Waals surface area contributed by atoms with E-state index in [9.17, 15) is 14.4 Å². The second-order valence-corrected chi connectivity index (χ2v) is 3.50. The smallest absolute Gasteiger partial charge is 0.261 e. The lowest BCUT2D eigenvalue weighted by molar-refractivity contribution is -0.110. The minimum Gasteiger partial charge on any atom is -0.294 e. The van der Waals surface area contributed by atoms with Crippen LogP contribution in [0.4, 0.5) is 0 Å². The van der Waals surface area contributed by atoms with E-state index in [1.807, 2.05) is 0 Å². The molecule has 0 unspecified atom stereocenters. The lowest BCUT2D eigenvalue weighted by atomic mass is 10.1. The molecule has 0 saturated heterocycles. The molecule has 0 spiro atoms. The lowest BCUT2D eigenvalue weighted by Gasteiger charge is -2.13. The van der Waals surface area contributed by atoms with E-state index in [4.69, 9.17) is 0 Å². The monoisotopic (exact) mass is 233 g/mol. The molecule has 1 aromatic carbocycles. The Morgan fingerprint density at radius 1 is 1.12 bits per heavy atom. The Morgan fingerprint density at radius 3 is 2.24 bits per heavy atom. The van der Waals surface area contributed by atoms with E-state index in [0.717, 1.165) is 4.90 Å². The van der Waals surface area contributed by atoms with Crippen LogP contribution in [0.2, 0.25) is 0 Å². The third kappa shape index (κ3) is 2.02. The molecule has 2 rings (SSSR count). The van der Waals surface area contributed by atoms with E-state index in [-0.39, 0.29) is 18.4 Å². The highest BCUT2D eigenvalue weighted by molar-refractivity contribution is 6.21. The molecule has 0 radical (unpaired) electrons. The molecule has 1 aromatic rings. The van der Waals surface area contributed by atoms with Gasteiger partial charge in [-0.2, -0.15) is 0 Å². The zero-order valence-electron chi connectivity index (χ0n) is 8.97. The predicted molar refractivity (Wildman–Crippen MR) is 59.0 cm³/mol. The van der Waals surface area contributed by atoms with Crippen molar-refractivity contribution >= 4 is 18.2 Å². The maximum atomic E-state index is 11.9. The SMILES string of the molecule is O=CNNCCN1C(=O)c2ccccc2C1=O. The first-order valence-electron chi connectivity index (χ1n) is 5.13. The molecule has 1 aliphatic heterocycles. The third-order valence-corrected chi connectivity index (χ3v) is 2.50. The van der Waals surface area contributed by atoms with Crippen LogP contribution in [0.25, 0.3) is 0 Å². The Labute approximate surface area is 97.6 Å². The first kappa shape index (κ1) is 11.3. The van der Waals surface area contributed by atoms with Crippen LogP contribution in [0.1, 0.15) is 20.7 Å². The highest BCUT2D eigenvalue weighted by Gasteiger charge is 2.34. The number of carbonyl (C=O) groups excluding carboxylic acids is 3. The van der Waals surface area contributed by atoms with Gasteiger partial charge in [0.05, 0.1) is 11.1 Å². The van der Waals surface area contributed by atoms with Crippen molar-refractivity contribution in [3.05, 3.63) is 35.4 Å². The quantitative estimate of drug-likeness (QED) is 0.312. The Hall–Kier alpha value is -2.21. The number of hydrogen-bond acceptors (Lipinski definition) is 4. The minimum atomic E-state index is -0.293. The fourth-order valence-corrected chi connectivity index (χ4v) is 1.72. The van der Waals surface area contributed by atoms with Crippen LogP contribution in [0.3, 0.4) is 0 Å². The maximum absolute atomic E-state index is 11.9. The second kappa shape index (κ2) is 4.75. The van der Waals surface area contributed by atoms with Gasteiger partial charge in [0.25, 0.3) is 11.8 Å². The van der Waals surface area contributed by atoms with Crippen molar-refractivity contribution in [1.29, 1.82) is 0 Å². The van der Waals surface area contributed by atoms with Crippen LogP contribution in [0.5, 0.6) is 0 Å². The summed E-state index contributed by atoms with van der Waals surface area (Å²) in [6.07, 6.45) is 0.488. The average Bonchev–Trinajstić information content (AvgIpc) is 2.60. The minimum absolute atomic E-state index is 0.215. The molecular formula is C11H11N3O3. The van der Waals surface area contributed by atoms with Crippen molar-refractivity contribution in [2.24, 2.45) is 0 Å². The zero-order valence-corrected chi connectivity index (χ0v) is 8.97. The van der Waals surface area contributed by atoms with Gasteiger partial charge in [0.2, 0.25) is 6.41 Å². The van der Waals surface area contributed by atoms with Gasteiger partial charge in [-0.1, -0.05) is 12.1 Å². The molecule has 88 valence electrons. The van der Waals surface area contributed by atoms with Crippen LogP contribution >= 0.6 is 0 Å². The highest BCUT2D eigenvalue weighted by Crippen LogP contribution is 2.21. The number of nitrogens with zero attached hydrogens (tertiary/aromatic N) is 1. The average molecular weight is 233 g/mol. The van der Waals surface area contributed by atoms with Gasteiger partial charge in [-0.05, 0) is 12.1 Å². The predicted octanol–water partition coefficient (Wildman–Crippen LogP) is -0.467. The molecule has 6 heteroatoms. The number of imide groups is 1. The van der Waals surface area contributed by atoms with E-state index in [1.54, 1.807) is 24.3 Å². The van der Waals surface area contributed by atoms with Gasteiger partial charge in [-0.15, -0.1) is 0 Å². The van der Waals surface area contributed by atoms with Crippen LogP contribution in [0, 0.1) is 0 Å². The molecule has 0 aromatic heterocycles. The first-order chi connectivity index (χ1) is 8.25. The van der Waals surface area contributed by atoms with Crippen LogP contribution in [-0.4, -0.2) is 36.2 Å². The third-order valence-electron chi connectivity index (χ3n) is 2.50. The normalized spacial score (nSPS) is 13.8. The molecule has 0 atom stereocenters. The van der Waals surface area contributed by atoms with E-state index in [2.05, 4.69) is 10.9 Å². The van der Waals surface area contributed by atoms with Crippen molar-refractivity contribution in [1.82, 2.24) is 15.8 Å². The van der Waals surface area contributed by atoms with Crippen molar-refractivity contribution in [2.45, 2.75) is 0 Å². The summed E-state index contributed by atoms with van der Waals surface area (Å²) in [6.45, 7) is 0.525. The van der Waals surface area contributed by atoms with Gasteiger partial charge in [-0.25, -0.2) is 5.43 Å². The van der Waals surface area contributed by atoms with Gasteiger partial charge in [-0.3, -0.25) is 24.7 Å². The highest BCUT2D eigenvalue weighted by atomic mass is 16.2. The molecule has 6 nitrogen and oxygen atoms in total. The largest absolute Gasteiger partial charge is 0.294 e. The van der Waals surface area contributed by atoms with Gasteiger partial charge < -0.3 is 0 Å². The standard InChI is InChI=1S/C11H11N3O3/c15-7-13-12-5-6-14-10(16)8-3-1-2-4-9(8)11(14)17/h1-4,7,12H,5-6H2,(H,13,15). The number of carbonyl (C=O) groups is 3.